The molecule has 4 nitrogen and oxygen atoms in total. The van der Waals surface area contributed by atoms with E-state index in [9.17, 15) is 22.8 Å². The highest BCUT2D eigenvalue weighted by atomic mass is 19.4. The molecular formula is C10H16F3NO3. The summed E-state index contributed by atoms with van der Waals surface area (Å²) in [6.45, 7) is 0.222. The van der Waals surface area contributed by atoms with Gasteiger partial charge in [0.1, 0.15) is 6.54 Å². The minimum Gasteiger partial charge on any atom is -0.481 e. The van der Waals surface area contributed by atoms with E-state index < -0.39 is 24.6 Å². The van der Waals surface area contributed by atoms with Gasteiger partial charge in [-0.05, 0) is 19.8 Å². The summed E-state index contributed by atoms with van der Waals surface area (Å²) in [4.78, 5) is 22.3. The predicted molar refractivity (Wildman–Crippen MR) is 54.4 cm³/mol. The molecule has 7 heteroatoms. The van der Waals surface area contributed by atoms with Gasteiger partial charge in [0.15, 0.2) is 0 Å². The molecule has 0 aliphatic heterocycles. The molecule has 17 heavy (non-hydrogen) atoms. The summed E-state index contributed by atoms with van der Waals surface area (Å²) in [6.07, 6.45) is -3.92. The number of amides is 1. The van der Waals surface area contributed by atoms with Crippen molar-refractivity contribution in [1.29, 1.82) is 0 Å². The number of halogens is 3. The minimum atomic E-state index is -4.40. The van der Waals surface area contributed by atoms with Gasteiger partial charge >= 0.3 is 12.1 Å². The second kappa shape index (κ2) is 7.13. The maximum absolute atomic E-state index is 12.1. The number of carboxylic acid groups (broad SMARTS) is 1. The molecule has 0 spiro atoms. The first-order valence-corrected chi connectivity index (χ1v) is 5.32. The number of rotatable bonds is 7. The molecule has 1 amide bonds. The Hall–Kier alpha value is -1.27. The third kappa shape index (κ3) is 8.53. The topological polar surface area (TPSA) is 57.6 Å². The van der Waals surface area contributed by atoms with Crippen LogP contribution in [0.25, 0.3) is 0 Å². The highest BCUT2D eigenvalue weighted by molar-refractivity contribution is 5.76. The first-order chi connectivity index (χ1) is 7.76. The summed E-state index contributed by atoms with van der Waals surface area (Å²) >= 11 is 0. The van der Waals surface area contributed by atoms with Crippen molar-refractivity contribution in [2.75, 3.05) is 13.1 Å². The third-order valence-corrected chi connectivity index (χ3v) is 2.14. The van der Waals surface area contributed by atoms with Crippen LogP contribution < -0.4 is 0 Å². The molecule has 0 saturated heterocycles. The van der Waals surface area contributed by atoms with Crippen LogP contribution in [0.4, 0.5) is 13.2 Å². The fourth-order valence-corrected chi connectivity index (χ4v) is 1.30. The Morgan fingerprint density at radius 3 is 2.12 bits per heavy atom. The molecule has 0 aliphatic carbocycles. The summed E-state index contributed by atoms with van der Waals surface area (Å²) in [5.41, 5.74) is 0. The Labute approximate surface area is 97.4 Å². The Bertz CT molecular complexity index is 266. The van der Waals surface area contributed by atoms with Crippen molar-refractivity contribution in [2.24, 2.45) is 0 Å². The Morgan fingerprint density at radius 1 is 1.18 bits per heavy atom. The van der Waals surface area contributed by atoms with E-state index in [1.807, 2.05) is 0 Å². The lowest BCUT2D eigenvalue weighted by atomic mass is 10.2. The lowest BCUT2D eigenvalue weighted by Gasteiger charge is -2.22. The lowest BCUT2D eigenvalue weighted by molar-refractivity contribution is -0.160. The average molecular weight is 255 g/mol. The van der Waals surface area contributed by atoms with Crippen molar-refractivity contribution in [3.63, 3.8) is 0 Å². The number of hydrogen-bond acceptors (Lipinski definition) is 2. The number of carboxylic acids is 1. The normalized spacial score (nSPS) is 11.3. The molecule has 0 unspecified atom stereocenters. The number of carbonyl (C=O) groups excluding carboxylic acids is 1. The van der Waals surface area contributed by atoms with Crippen LogP contribution >= 0.6 is 0 Å². The van der Waals surface area contributed by atoms with Gasteiger partial charge in [0, 0.05) is 19.4 Å². The molecule has 0 aromatic rings. The molecule has 0 aromatic heterocycles. The van der Waals surface area contributed by atoms with E-state index in [0.29, 0.717) is 12.8 Å². The summed E-state index contributed by atoms with van der Waals surface area (Å²) in [6, 6.07) is 0. The summed E-state index contributed by atoms with van der Waals surface area (Å²) in [5, 5.41) is 8.34. The van der Waals surface area contributed by atoms with Gasteiger partial charge in [-0.15, -0.1) is 0 Å². The average Bonchev–Trinajstić information content (AvgIpc) is 2.19. The van der Waals surface area contributed by atoms with Crippen molar-refractivity contribution in [1.82, 2.24) is 4.90 Å². The third-order valence-electron chi connectivity index (χ3n) is 2.14. The van der Waals surface area contributed by atoms with Crippen LogP contribution in [-0.4, -0.2) is 41.1 Å². The Kier molecular flexibility index (Phi) is 6.60. The van der Waals surface area contributed by atoms with Crippen molar-refractivity contribution in [3.05, 3.63) is 0 Å². The molecule has 0 bridgehead atoms. The van der Waals surface area contributed by atoms with Crippen LogP contribution in [0.1, 0.15) is 32.6 Å². The molecule has 0 aliphatic rings. The van der Waals surface area contributed by atoms with Crippen LogP contribution in [0, 0.1) is 0 Å². The van der Waals surface area contributed by atoms with E-state index in [0.717, 1.165) is 4.90 Å². The van der Waals surface area contributed by atoms with Crippen molar-refractivity contribution >= 4 is 11.9 Å². The van der Waals surface area contributed by atoms with Crippen LogP contribution in [-0.2, 0) is 9.59 Å². The first-order valence-electron chi connectivity index (χ1n) is 5.32. The highest BCUT2D eigenvalue weighted by Crippen LogP contribution is 2.17. The molecule has 0 heterocycles. The van der Waals surface area contributed by atoms with Gasteiger partial charge in [0.25, 0.3) is 0 Å². The molecule has 1 N–H and O–H groups in total. The maximum atomic E-state index is 12.1. The monoisotopic (exact) mass is 255 g/mol. The number of nitrogens with zero attached hydrogens (tertiary/aromatic N) is 1. The van der Waals surface area contributed by atoms with Gasteiger partial charge in [-0.1, -0.05) is 0 Å². The number of carbonyl (C=O) groups is 2. The van der Waals surface area contributed by atoms with E-state index in [2.05, 4.69) is 0 Å². The molecule has 0 radical (unpaired) electrons. The predicted octanol–water partition coefficient (Wildman–Crippen LogP) is 2.04. The zero-order valence-electron chi connectivity index (χ0n) is 9.59. The second-order valence-electron chi connectivity index (χ2n) is 3.62. The van der Waals surface area contributed by atoms with E-state index in [1.54, 1.807) is 0 Å². The van der Waals surface area contributed by atoms with Gasteiger partial charge in [0.05, 0.1) is 0 Å². The Balaban J connectivity index is 3.97. The zero-order chi connectivity index (χ0) is 13.5. The second-order valence-corrected chi connectivity index (χ2v) is 3.62. The molecular weight excluding hydrogens is 239 g/mol. The van der Waals surface area contributed by atoms with Crippen LogP contribution in [0.15, 0.2) is 0 Å². The standard InChI is InChI=1S/C10H16F3NO3/c1-2-14(7-10(11,12)13)8(15)5-3-4-6-9(16)17/h2-7H2,1H3,(H,16,17). The van der Waals surface area contributed by atoms with Gasteiger partial charge in [-0.25, -0.2) is 0 Å². The van der Waals surface area contributed by atoms with E-state index in [4.69, 9.17) is 5.11 Å². The van der Waals surface area contributed by atoms with Gasteiger partial charge in [-0.2, -0.15) is 13.2 Å². The van der Waals surface area contributed by atoms with Crippen molar-refractivity contribution in [2.45, 2.75) is 38.8 Å². The summed E-state index contributed by atoms with van der Waals surface area (Å²) < 4.78 is 36.2. The smallest absolute Gasteiger partial charge is 0.406 e. The van der Waals surface area contributed by atoms with E-state index in [-0.39, 0.29) is 19.4 Å². The summed E-state index contributed by atoms with van der Waals surface area (Å²) in [5.74, 6) is -1.56. The van der Waals surface area contributed by atoms with Crippen LogP contribution in [0.2, 0.25) is 0 Å². The lowest BCUT2D eigenvalue weighted by Crippen LogP contribution is -2.38. The number of hydrogen-bond donors (Lipinski definition) is 1. The van der Waals surface area contributed by atoms with E-state index >= 15 is 0 Å². The molecule has 0 atom stereocenters. The molecule has 0 rings (SSSR count). The number of alkyl halides is 3. The maximum Gasteiger partial charge on any atom is 0.406 e. The molecule has 0 fully saturated rings. The van der Waals surface area contributed by atoms with Crippen molar-refractivity contribution < 1.29 is 27.9 Å². The number of unbranched alkanes of at least 4 members (excludes halogenated alkanes) is 1. The fraction of sp³-hybridized carbons (Fsp3) is 0.800. The fourth-order valence-electron chi connectivity index (χ4n) is 1.30. The molecule has 100 valence electrons. The molecule has 0 saturated carbocycles. The SMILES string of the molecule is CCN(CC(F)(F)F)C(=O)CCCCC(=O)O. The largest absolute Gasteiger partial charge is 0.481 e. The quantitative estimate of drug-likeness (QED) is 0.708. The van der Waals surface area contributed by atoms with E-state index in [1.165, 1.54) is 6.92 Å². The van der Waals surface area contributed by atoms with Crippen LogP contribution in [0.3, 0.4) is 0 Å². The minimum absolute atomic E-state index is 0.00270. The zero-order valence-corrected chi connectivity index (χ0v) is 9.59. The highest BCUT2D eigenvalue weighted by Gasteiger charge is 2.31. The van der Waals surface area contributed by atoms with Gasteiger partial charge in [0.2, 0.25) is 5.91 Å². The summed E-state index contributed by atoms with van der Waals surface area (Å²) in [7, 11) is 0. The van der Waals surface area contributed by atoms with Crippen molar-refractivity contribution in [3.8, 4) is 0 Å². The van der Waals surface area contributed by atoms with Gasteiger partial charge in [-0.3, -0.25) is 9.59 Å². The number of aliphatic carboxylic acids is 1. The van der Waals surface area contributed by atoms with Crippen LogP contribution in [0.5, 0.6) is 0 Å². The molecule has 0 aromatic carbocycles. The Morgan fingerprint density at radius 2 is 1.71 bits per heavy atom. The first kappa shape index (κ1) is 15.7. The van der Waals surface area contributed by atoms with Gasteiger partial charge < -0.3 is 10.0 Å².